The van der Waals surface area contributed by atoms with E-state index >= 15 is 0 Å². The van der Waals surface area contributed by atoms with Crippen molar-refractivity contribution in [3.63, 3.8) is 0 Å². The number of benzene rings is 2. The number of aliphatic imine (C=N–C) groups is 1. The minimum absolute atomic E-state index is 0.926. The van der Waals surface area contributed by atoms with Gasteiger partial charge in [0.2, 0.25) is 0 Å². The van der Waals surface area contributed by atoms with Crippen LogP contribution >= 0.6 is 0 Å². The lowest BCUT2D eigenvalue weighted by atomic mass is 10.1. The summed E-state index contributed by atoms with van der Waals surface area (Å²) in [5, 5.41) is 0. The number of hydrogen-bond donors (Lipinski definition) is 0. The first-order valence-corrected chi connectivity index (χ1v) is 6.99. The van der Waals surface area contributed by atoms with E-state index in [2.05, 4.69) is 42.8 Å². The summed E-state index contributed by atoms with van der Waals surface area (Å²) in [6, 6.07) is 16.3. The Morgan fingerprint density at radius 1 is 1.05 bits per heavy atom. The molecule has 0 heterocycles. The molecule has 20 heavy (non-hydrogen) atoms. The van der Waals surface area contributed by atoms with Gasteiger partial charge in [-0.25, -0.2) is 0 Å². The van der Waals surface area contributed by atoms with Crippen molar-refractivity contribution in [2.24, 2.45) is 4.99 Å². The predicted molar refractivity (Wildman–Crippen MR) is 86.7 cm³/mol. The van der Waals surface area contributed by atoms with Crippen LogP contribution in [0.4, 0.5) is 5.69 Å². The molecule has 0 amide bonds. The molecule has 100 valence electrons. The molecule has 0 aliphatic carbocycles. The van der Waals surface area contributed by atoms with Crippen molar-refractivity contribution in [2.45, 2.75) is 26.7 Å². The van der Waals surface area contributed by atoms with Crippen LogP contribution in [0.1, 0.15) is 36.5 Å². The Hall–Kier alpha value is -2.33. The van der Waals surface area contributed by atoms with Gasteiger partial charge in [0, 0.05) is 12.6 Å². The van der Waals surface area contributed by atoms with Gasteiger partial charge in [-0.1, -0.05) is 55.2 Å². The topological polar surface area (TPSA) is 12.4 Å². The van der Waals surface area contributed by atoms with Gasteiger partial charge in [0.05, 0.1) is 11.3 Å². The molecule has 0 aliphatic heterocycles. The zero-order valence-corrected chi connectivity index (χ0v) is 12.1. The monoisotopic (exact) mass is 261 g/mol. The maximum atomic E-state index is 4.59. The first-order chi connectivity index (χ1) is 9.81. The lowest BCUT2D eigenvalue weighted by molar-refractivity contribution is 0.983. The molecule has 0 fully saturated rings. The second kappa shape index (κ2) is 7.31. The third kappa shape index (κ3) is 3.83. The summed E-state index contributed by atoms with van der Waals surface area (Å²) >= 11 is 0. The normalized spacial score (nSPS) is 10.3. The van der Waals surface area contributed by atoms with Gasteiger partial charge in [-0.05, 0) is 36.6 Å². The molecule has 0 unspecified atom stereocenters. The maximum Gasteiger partial charge on any atom is 0.0786 e. The molecule has 2 rings (SSSR count). The largest absolute Gasteiger partial charge is 0.255 e. The van der Waals surface area contributed by atoms with Crippen molar-refractivity contribution in [3.05, 3.63) is 65.2 Å². The minimum Gasteiger partial charge on any atom is -0.255 e. The lowest BCUT2D eigenvalue weighted by Gasteiger charge is -2.00. The summed E-state index contributed by atoms with van der Waals surface area (Å²) in [6.07, 6.45) is 3.92. The van der Waals surface area contributed by atoms with Gasteiger partial charge in [-0.3, -0.25) is 4.99 Å². The highest BCUT2D eigenvalue weighted by Crippen LogP contribution is 2.18. The van der Waals surface area contributed by atoms with Crippen molar-refractivity contribution < 1.29 is 0 Å². The van der Waals surface area contributed by atoms with Gasteiger partial charge in [-0.2, -0.15) is 0 Å². The molecule has 0 spiro atoms. The minimum atomic E-state index is 0.926. The molecule has 1 nitrogen and oxygen atoms in total. The van der Waals surface area contributed by atoms with E-state index in [1.54, 1.807) is 0 Å². The van der Waals surface area contributed by atoms with Crippen LogP contribution in [0.5, 0.6) is 0 Å². The quantitative estimate of drug-likeness (QED) is 0.550. The molecule has 0 saturated heterocycles. The SMILES string of the molecule is CCCC#Cc1ccccc1N=Cc1ccccc1C. The number of nitrogens with zero attached hydrogens (tertiary/aromatic N) is 1. The van der Waals surface area contributed by atoms with E-state index < -0.39 is 0 Å². The second-order valence-corrected chi connectivity index (χ2v) is 4.68. The van der Waals surface area contributed by atoms with Gasteiger partial charge in [0.15, 0.2) is 0 Å². The van der Waals surface area contributed by atoms with E-state index in [0.717, 1.165) is 29.7 Å². The van der Waals surface area contributed by atoms with Crippen molar-refractivity contribution in [3.8, 4) is 11.8 Å². The highest BCUT2D eigenvalue weighted by molar-refractivity contribution is 5.84. The fourth-order valence-electron chi connectivity index (χ4n) is 1.85. The molecule has 0 bridgehead atoms. The van der Waals surface area contributed by atoms with Crippen molar-refractivity contribution >= 4 is 11.9 Å². The Morgan fingerprint density at radius 2 is 1.80 bits per heavy atom. The second-order valence-electron chi connectivity index (χ2n) is 4.68. The van der Waals surface area contributed by atoms with E-state index in [0.29, 0.717) is 0 Å². The van der Waals surface area contributed by atoms with E-state index in [1.807, 2.05) is 42.6 Å². The van der Waals surface area contributed by atoms with Crippen LogP contribution in [0.3, 0.4) is 0 Å². The smallest absolute Gasteiger partial charge is 0.0786 e. The Kier molecular flexibility index (Phi) is 5.15. The molecule has 0 atom stereocenters. The standard InChI is InChI=1S/C19H19N/c1-3-4-5-11-17-12-8-9-14-19(17)20-15-18-13-7-6-10-16(18)2/h6-10,12-15H,3-4H2,1-2H3. The first kappa shape index (κ1) is 14.1. The van der Waals surface area contributed by atoms with Gasteiger partial charge in [0.1, 0.15) is 0 Å². The number of unbranched alkanes of at least 4 members (excludes halogenated alkanes) is 1. The fourth-order valence-corrected chi connectivity index (χ4v) is 1.85. The van der Waals surface area contributed by atoms with Crippen molar-refractivity contribution in [1.82, 2.24) is 0 Å². The number of rotatable bonds is 3. The summed E-state index contributed by atoms with van der Waals surface area (Å²) in [5.74, 6) is 6.38. The third-order valence-corrected chi connectivity index (χ3v) is 3.03. The Labute approximate surface area is 121 Å². The average molecular weight is 261 g/mol. The van der Waals surface area contributed by atoms with E-state index in [4.69, 9.17) is 0 Å². The molecule has 0 aromatic heterocycles. The molecular weight excluding hydrogens is 242 g/mol. The highest BCUT2D eigenvalue weighted by Gasteiger charge is 1.97. The van der Waals surface area contributed by atoms with Crippen LogP contribution in [-0.2, 0) is 0 Å². The Balaban J connectivity index is 2.26. The zero-order chi connectivity index (χ0) is 14.2. The number of para-hydroxylation sites is 1. The number of hydrogen-bond acceptors (Lipinski definition) is 1. The molecule has 0 radical (unpaired) electrons. The summed E-state index contributed by atoms with van der Waals surface area (Å²) in [6.45, 7) is 4.23. The fraction of sp³-hybridized carbons (Fsp3) is 0.211. The Bertz CT molecular complexity index is 657. The molecule has 1 heteroatoms. The van der Waals surface area contributed by atoms with Gasteiger partial charge in [-0.15, -0.1) is 0 Å². The van der Waals surface area contributed by atoms with E-state index in [-0.39, 0.29) is 0 Å². The molecular formula is C19H19N. The third-order valence-electron chi connectivity index (χ3n) is 3.03. The summed E-state index contributed by atoms with van der Waals surface area (Å²) in [4.78, 5) is 4.59. The van der Waals surface area contributed by atoms with Crippen LogP contribution in [0.25, 0.3) is 0 Å². The van der Waals surface area contributed by atoms with Gasteiger partial charge >= 0.3 is 0 Å². The van der Waals surface area contributed by atoms with Crippen LogP contribution < -0.4 is 0 Å². The van der Waals surface area contributed by atoms with Crippen molar-refractivity contribution in [1.29, 1.82) is 0 Å². The average Bonchev–Trinajstić information content (AvgIpc) is 2.48. The zero-order valence-electron chi connectivity index (χ0n) is 12.1. The summed E-state index contributed by atoms with van der Waals surface area (Å²) in [7, 11) is 0. The van der Waals surface area contributed by atoms with Crippen LogP contribution in [0.15, 0.2) is 53.5 Å². The molecule has 0 N–H and O–H groups in total. The van der Waals surface area contributed by atoms with Crippen LogP contribution in [-0.4, -0.2) is 6.21 Å². The summed E-state index contributed by atoms with van der Waals surface area (Å²) in [5.41, 5.74) is 4.29. The number of aryl methyl sites for hydroxylation is 1. The molecule has 2 aromatic rings. The van der Waals surface area contributed by atoms with E-state index in [1.165, 1.54) is 5.56 Å². The Morgan fingerprint density at radius 3 is 2.60 bits per heavy atom. The van der Waals surface area contributed by atoms with Gasteiger partial charge in [0.25, 0.3) is 0 Å². The van der Waals surface area contributed by atoms with Crippen LogP contribution in [0, 0.1) is 18.8 Å². The predicted octanol–water partition coefficient (Wildman–Crippen LogP) is 4.90. The van der Waals surface area contributed by atoms with Gasteiger partial charge < -0.3 is 0 Å². The van der Waals surface area contributed by atoms with Crippen molar-refractivity contribution in [2.75, 3.05) is 0 Å². The molecule has 0 aliphatic rings. The molecule has 0 saturated carbocycles. The first-order valence-electron chi connectivity index (χ1n) is 6.99. The highest BCUT2D eigenvalue weighted by atomic mass is 14.7. The summed E-state index contributed by atoms with van der Waals surface area (Å²) < 4.78 is 0. The lowest BCUT2D eigenvalue weighted by Crippen LogP contribution is -1.85. The van der Waals surface area contributed by atoms with Crippen LogP contribution in [0.2, 0.25) is 0 Å². The molecule has 2 aromatic carbocycles. The maximum absolute atomic E-state index is 4.59. The van der Waals surface area contributed by atoms with E-state index in [9.17, 15) is 0 Å².